The minimum atomic E-state index is -0.848. The van der Waals surface area contributed by atoms with Gasteiger partial charge in [0.15, 0.2) is 18.2 Å². The number of nitrogens with zero attached hydrogens (tertiary/aromatic N) is 1. The third-order valence-electron chi connectivity index (χ3n) is 3.22. The van der Waals surface area contributed by atoms with Crippen molar-refractivity contribution < 1.29 is 18.3 Å². The van der Waals surface area contributed by atoms with Crippen LogP contribution < -0.4 is 10.1 Å². The second kappa shape index (κ2) is 9.64. The highest BCUT2D eigenvalue weighted by Crippen LogP contribution is 2.17. The first-order chi connectivity index (χ1) is 12.1. The second-order valence-corrected chi connectivity index (χ2v) is 6.14. The van der Waals surface area contributed by atoms with Crippen LogP contribution in [-0.2, 0) is 10.5 Å². The molecule has 2 rings (SSSR count). The smallest absolute Gasteiger partial charge is 0.257 e. The van der Waals surface area contributed by atoms with Crippen LogP contribution >= 0.6 is 11.8 Å². The standard InChI is InChI=1S/C18H16F2N2O2S/c19-15-5-6-17(16(20)9-15)24-11-18(23)22-7-8-25-12-14-4-2-1-3-13(14)10-21/h1-6,9H,7-8,11-12H2,(H,22,23). The fourth-order valence-electron chi connectivity index (χ4n) is 1.99. The van der Waals surface area contributed by atoms with Crippen LogP contribution in [0.1, 0.15) is 11.1 Å². The first-order valence-corrected chi connectivity index (χ1v) is 8.66. The molecule has 0 aliphatic heterocycles. The SMILES string of the molecule is N#Cc1ccccc1CSCCNC(=O)COc1ccc(F)cc1F. The Balaban J connectivity index is 1.65. The lowest BCUT2D eigenvalue weighted by atomic mass is 10.1. The van der Waals surface area contributed by atoms with Gasteiger partial charge in [0, 0.05) is 24.1 Å². The van der Waals surface area contributed by atoms with Gasteiger partial charge in [-0.2, -0.15) is 17.0 Å². The average molecular weight is 362 g/mol. The molecule has 0 bridgehead atoms. The molecular formula is C18H16F2N2O2S. The van der Waals surface area contributed by atoms with Gasteiger partial charge in [-0.1, -0.05) is 18.2 Å². The van der Waals surface area contributed by atoms with Crippen LogP contribution in [0.2, 0.25) is 0 Å². The zero-order valence-corrected chi connectivity index (χ0v) is 14.1. The minimum Gasteiger partial charge on any atom is -0.481 e. The van der Waals surface area contributed by atoms with E-state index >= 15 is 0 Å². The number of benzene rings is 2. The molecule has 130 valence electrons. The highest BCUT2D eigenvalue weighted by atomic mass is 32.2. The van der Waals surface area contributed by atoms with E-state index in [0.717, 1.165) is 17.7 Å². The van der Waals surface area contributed by atoms with Gasteiger partial charge in [0.05, 0.1) is 11.6 Å². The number of nitrogens with one attached hydrogen (secondary N) is 1. The lowest BCUT2D eigenvalue weighted by Gasteiger charge is -2.08. The highest BCUT2D eigenvalue weighted by molar-refractivity contribution is 7.98. The molecule has 7 heteroatoms. The van der Waals surface area contributed by atoms with E-state index in [9.17, 15) is 13.6 Å². The Hall–Kier alpha value is -2.59. The number of rotatable bonds is 8. The molecule has 0 heterocycles. The van der Waals surface area contributed by atoms with Gasteiger partial charge in [0.2, 0.25) is 0 Å². The first kappa shape index (κ1) is 18.7. The zero-order valence-electron chi connectivity index (χ0n) is 13.3. The number of carbonyl (C=O) groups excluding carboxylic acids is 1. The minimum absolute atomic E-state index is 0.168. The van der Waals surface area contributed by atoms with Crippen LogP contribution in [0.3, 0.4) is 0 Å². The number of ether oxygens (including phenoxy) is 1. The Kier molecular flexibility index (Phi) is 7.23. The fourth-order valence-corrected chi connectivity index (χ4v) is 2.85. The summed E-state index contributed by atoms with van der Waals surface area (Å²) in [5.41, 5.74) is 1.60. The van der Waals surface area contributed by atoms with Crippen LogP contribution in [0.5, 0.6) is 5.75 Å². The van der Waals surface area contributed by atoms with E-state index in [1.54, 1.807) is 17.8 Å². The second-order valence-electron chi connectivity index (χ2n) is 5.03. The van der Waals surface area contributed by atoms with Crippen LogP contribution in [0.4, 0.5) is 8.78 Å². The predicted octanol–water partition coefficient (Wildman–Crippen LogP) is 3.26. The molecule has 0 saturated carbocycles. The van der Waals surface area contributed by atoms with Gasteiger partial charge in [-0.15, -0.1) is 0 Å². The normalized spacial score (nSPS) is 10.1. The molecule has 0 atom stereocenters. The van der Waals surface area contributed by atoms with Gasteiger partial charge in [0.25, 0.3) is 5.91 Å². The van der Waals surface area contributed by atoms with E-state index in [-0.39, 0.29) is 18.3 Å². The molecule has 0 spiro atoms. The van der Waals surface area contributed by atoms with Crippen LogP contribution in [0.15, 0.2) is 42.5 Å². The maximum Gasteiger partial charge on any atom is 0.257 e. The molecule has 0 saturated heterocycles. The molecule has 2 aromatic rings. The maximum absolute atomic E-state index is 13.4. The number of hydrogen-bond acceptors (Lipinski definition) is 4. The fraction of sp³-hybridized carbons (Fsp3) is 0.222. The summed E-state index contributed by atoms with van der Waals surface area (Å²) >= 11 is 1.59. The van der Waals surface area contributed by atoms with Crippen LogP contribution in [-0.4, -0.2) is 24.8 Å². The quantitative estimate of drug-likeness (QED) is 0.732. The van der Waals surface area contributed by atoms with Crippen molar-refractivity contribution in [3.63, 3.8) is 0 Å². The van der Waals surface area contributed by atoms with Gasteiger partial charge in [0.1, 0.15) is 5.82 Å². The van der Waals surface area contributed by atoms with Crippen LogP contribution in [0.25, 0.3) is 0 Å². The lowest BCUT2D eigenvalue weighted by molar-refractivity contribution is -0.123. The number of carbonyl (C=O) groups is 1. The van der Waals surface area contributed by atoms with Crippen molar-refractivity contribution in [2.24, 2.45) is 0 Å². The van der Waals surface area contributed by atoms with Gasteiger partial charge in [-0.3, -0.25) is 4.79 Å². The summed E-state index contributed by atoms with van der Waals surface area (Å²) < 4.78 is 31.1. The molecule has 4 nitrogen and oxygen atoms in total. The first-order valence-electron chi connectivity index (χ1n) is 7.50. The van der Waals surface area contributed by atoms with E-state index in [2.05, 4.69) is 11.4 Å². The Morgan fingerprint density at radius 3 is 2.80 bits per heavy atom. The number of thioether (sulfide) groups is 1. The molecule has 2 aromatic carbocycles. The highest BCUT2D eigenvalue weighted by Gasteiger charge is 2.08. The van der Waals surface area contributed by atoms with Crippen molar-refractivity contribution in [1.82, 2.24) is 5.32 Å². The molecule has 0 aliphatic carbocycles. The molecule has 1 N–H and O–H groups in total. The topological polar surface area (TPSA) is 62.1 Å². The Bertz CT molecular complexity index is 778. The average Bonchev–Trinajstić information content (AvgIpc) is 2.61. The third kappa shape index (κ3) is 6.08. The summed E-state index contributed by atoms with van der Waals surface area (Å²) in [6.07, 6.45) is 0. The Morgan fingerprint density at radius 1 is 1.24 bits per heavy atom. The lowest BCUT2D eigenvalue weighted by Crippen LogP contribution is -2.30. The van der Waals surface area contributed by atoms with Gasteiger partial charge in [-0.05, 0) is 23.8 Å². The van der Waals surface area contributed by atoms with Gasteiger partial charge >= 0.3 is 0 Å². The van der Waals surface area contributed by atoms with Crippen molar-refractivity contribution >= 4 is 17.7 Å². The molecule has 0 radical (unpaired) electrons. The number of hydrogen-bond donors (Lipinski definition) is 1. The molecule has 0 unspecified atom stereocenters. The number of nitriles is 1. The zero-order chi connectivity index (χ0) is 18.1. The maximum atomic E-state index is 13.4. The molecule has 25 heavy (non-hydrogen) atoms. The molecule has 0 fully saturated rings. The van der Waals surface area contributed by atoms with E-state index in [1.807, 2.05) is 18.2 Å². The summed E-state index contributed by atoms with van der Waals surface area (Å²) in [5.74, 6) is -0.766. The van der Waals surface area contributed by atoms with Crippen LogP contribution in [0, 0.1) is 23.0 Å². The summed E-state index contributed by atoms with van der Waals surface area (Å²) in [5, 5.41) is 11.7. The summed E-state index contributed by atoms with van der Waals surface area (Å²) in [6.45, 7) is 0.0813. The van der Waals surface area contributed by atoms with Crippen molar-refractivity contribution in [2.45, 2.75) is 5.75 Å². The summed E-state index contributed by atoms with van der Waals surface area (Å²) in [4.78, 5) is 11.6. The molecule has 0 aliphatic rings. The third-order valence-corrected chi connectivity index (χ3v) is 4.22. The monoisotopic (exact) mass is 362 g/mol. The van der Waals surface area contributed by atoms with E-state index in [0.29, 0.717) is 29.7 Å². The summed E-state index contributed by atoms with van der Waals surface area (Å²) in [6, 6.07) is 12.4. The number of amides is 1. The van der Waals surface area contributed by atoms with E-state index in [1.165, 1.54) is 0 Å². The predicted molar refractivity (Wildman–Crippen MR) is 92.2 cm³/mol. The number of halogens is 2. The van der Waals surface area contributed by atoms with Crippen molar-refractivity contribution in [2.75, 3.05) is 18.9 Å². The van der Waals surface area contributed by atoms with Gasteiger partial charge < -0.3 is 10.1 Å². The van der Waals surface area contributed by atoms with Crippen molar-refractivity contribution in [3.05, 3.63) is 65.2 Å². The van der Waals surface area contributed by atoms with Crippen molar-refractivity contribution in [1.29, 1.82) is 5.26 Å². The van der Waals surface area contributed by atoms with Gasteiger partial charge in [-0.25, -0.2) is 8.78 Å². The van der Waals surface area contributed by atoms with Crippen molar-refractivity contribution in [3.8, 4) is 11.8 Å². The Morgan fingerprint density at radius 2 is 2.04 bits per heavy atom. The summed E-state index contributed by atoms with van der Waals surface area (Å²) in [7, 11) is 0. The van der Waals surface area contributed by atoms with E-state index in [4.69, 9.17) is 10.00 Å². The molecule has 1 amide bonds. The molecule has 0 aromatic heterocycles. The Labute approximate surface area is 148 Å². The molecular weight excluding hydrogens is 346 g/mol. The largest absolute Gasteiger partial charge is 0.481 e. The van der Waals surface area contributed by atoms with E-state index < -0.39 is 11.6 Å².